The Bertz CT molecular complexity index is 1440. The van der Waals surface area contributed by atoms with Gasteiger partial charge in [-0.15, -0.1) is 0 Å². The second-order valence-electron chi connectivity index (χ2n) is 11.6. The number of halogens is 3. The number of carbonyl (C=O) groups excluding carboxylic acids is 1. The second kappa shape index (κ2) is 14.9. The number of carbonyl (C=O) groups is 1. The van der Waals surface area contributed by atoms with Gasteiger partial charge in [0.25, 0.3) is 0 Å². The maximum absolute atomic E-state index is 14.5. The monoisotopic (exact) mass is 642 g/mol. The molecule has 0 bridgehead atoms. The minimum atomic E-state index is -0.523. The zero-order chi connectivity index (χ0) is 31.2. The van der Waals surface area contributed by atoms with Crippen LogP contribution >= 0.6 is 23.2 Å². The van der Waals surface area contributed by atoms with Crippen LogP contribution in [-0.2, 0) is 17.8 Å². The smallest absolute Gasteiger partial charge is 0.239 e. The highest BCUT2D eigenvalue weighted by Crippen LogP contribution is 2.38. The van der Waals surface area contributed by atoms with Crippen LogP contribution in [0.4, 0.5) is 4.39 Å². The van der Waals surface area contributed by atoms with Gasteiger partial charge in [-0.1, -0.05) is 47.5 Å². The van der Waals surface area contributed by atoms with Crippen molar-refractivity contribution in [3.63, 3.8) is 0 Å². The lowest BCUT2D eigenvalue weighted by Gasteiger charge is -2.39. The summed E-state index contributed by atoms with van der Waals surface area (Å²) >= 11 is 12.5. The quantitative estimate of drug-likeness (QED) is 0.290. The Balaban J connectivity index is 1.10. The van der Waals surface area contributed by atoms with Crippen molar-refractivity contribution in [2.75, 3.05) is 52.4 Å². The number of para-hydroxylation sites is 1. The number of phenolic OH excluding ortho intramolecular Hbond substituents is 1. The Morgan fingerprint density at radius 1 is 1.00 bits per heavy atom. The largest absolute Gasteiger partial charge is 0.506 e. The van der Waals surface area contributed by atoms with E-state index >= 15 is 0 Å². The van der Waals surface area contributed by atoms with Gasteiger partial charge in [-0.25, -0.2) is 4.39 Å². The molecule has 0 unspecified atom stereocenters. The highest BCUT2D eigenvalue weighted by atomic mass is 35.5. The third kappa shape index (κ3) is 7.66. The van der Waals surface area contributed by atoms with Crippen molar-refractivity contribution >= 4 is 29.1 Å². The second-order valence-corrected chi connectivity index (χ2v) is 12.5. The Hall–Kier alpha value is -2.88. The predicted molar refractivity (Wildman–Crippen MR) is 174 cm³/mol. The molecule has 1 atom stereocenters. The summed E-state index contributed by atoms with van der Waals surface area (Å²) in [6, 6.07) is 15.5. The Kier molecular flexibility index (Phi) is 11.0. The molecule has 2 fully saturated rings. The first-order valence-electron chi connectivity index (χ1n) is 15.4. The SMILES string of the molecule is CCOc1cccc(F)c1CN1CCN(C(=O)[C@H](N)C2CCN(CCc3cc(Cl)ccc3-c3cccc(Cl)c3O)CC2)CC1. The molecule has 10 heteroatoms. The lowest BCUT2D eigenvalue weighted by atomic mass is 9.88. The summed E-state index contributed by atoms with van der Waals surface area (Å²) < 4.78 is 20.2. The first kappa shape index (κ1) is 32.5. The van der Waals surface area contributed by atoms with Crippen LogP contribution < -0.4 is 10.5 Å². The van der Waals surface area contributed by atoms with Crippen LogP contribution in [0.25, 0.3) is 11.1 Å². The van der Waals surface area contributed by atoms with Gasteiger partial charge in [0.15, 0.2) is 0 Å². The molecule has 3 aromatic rings. The van der Waals surface area contributed by atoms with E-state index in [1.165, 1.54) is 6.07 Å². The Morgan fingerprint density at radius 3 is 2.45 bits per heavy atom. The topological polar surface area (TPSA) is 82.3 Å². The summed E-state index contributed by atoms with van der Waals surface area (Å²) in [6.07, 6.45) is 2.48. The highest BCUT2D eigenvalue weighted by molar-refractivity contribution is 6.32. The highest BCUT2D eigenvalue weighted by Gasteiger charge is 2.33. The summed E-state index contributed by atoms with van der Waals surface area (Å²) in [7, 11) is 0. The number of hydrogen-bond acceptors (Lipinski definition) is 6. The van der Waals surface area contributed by atoms with E-state index in [2.05, 4.69) is 9.80 Å². The van der Waals surface area contributed by atoms with Gasteiger partial charge in [-0.2, -0.15) is 0 Å². The number of rotatable bonds is 10. The molecule has 0 aromatic heterocycles. The molecular weight excluding hydrogens is 602 g/mol. The van der Waals surface area contributed by atoms with E-state index in [-0.39, 0.29) is 23.4 Å². The average molecular weight is 644 g/mol. The minimum absolute atomic E-state index is 0.00824. The molecule has 0 aliphatic carbocycles. The summed E-state index contributed by atoms with van der Waals surface area (Å²) in [6.45, 7) is 7.86. The van der Waals surface area contributed by atoms with Crippen LogP contribution in [0.15, 0.2) is 54.6 Å². The average Bonchev–Trinajstić information content (AvgIpc) is 3.03. The summed E-state index contributed by atoms with van der Waals surface area (Å²) in [5.74, 6) is 0.520. The summed E-state index contributed by atoms with van der Waals surface area (Å²) in [5, 5.41) is 11.5. The number of aromatic hydroxyl groups is 1. The number of ether oxygens (including phenoxy) is 1. The van der Waals surface area contributed by atoms with Gasteiger partial charge in [-0.3, -0.25) is 9.69 Å². The molecular formula is C34H41Cl2FN4O3. The molecule has 0 radical (unpaired) electrons. The fourth-order valence-electron chi connectivity index (χ4n) is 6.32. The van der Waals surface area contributed by atoms with Crippen molar-refractivity contribution in [3.05, 3.63) is 81.6 Å². The maximum atomic E-state index is 14.5. The zero-order valence-electron chi connectivity index (χ0n) is 25.2. The molecule has 2 aliphatic heterocycles. The van der Waals surface area contributed by atoms with Crippen molar-refractivity contribution in [3.8, 4) is 22.6 Å². The van der Waals surface area contributed by atoms with Crippen LogP contribution in [-0.4, -0.2) is 84.2 Å². The van der Waals surface area contributed by atoms with E-state index in [0.29, 0.717) is 66.3 Å². The Labute approximate surface area is 269 Å². The van der Waals surface area contributed by atoms with E-state index in [1.807, 2.05) is 42.2 Å². The number of nitrogens with zero attached hydrogens (tertiary/aromatic N) is 3. The number of benzene rings is 3. The molecule has 3 aromatic carbocycles. The fourth-order valence-corrected chi connectivity index (χ4v) is 6.69. The van der Waals surface area contributed by atoms with Gasteiger partial charge in [0, 0.05) is 55.4 Å². The summed E-state index contributed by atoms with van der Waals surface area (Å²) in [4.78, 5) is 19.8. The molecule has 0 saturated carbocycles. The van der Waals surface area contributed by atoms with E-state index in [4.69, 9.17) is 33.7 Å². The lowest BCUT2D eigenvalue weighted by Crippen LogP contribution is -2.55. The van der Waals surface area contributed by atoms with Gasteiger partial charge in [-0.05, 0) is 86.7 Å². The maximum Gasteiger partial charge on any atom is 0.239 e. The number of hydrogen-bond donors (Lipinski definition) is 2. The zero-order valence-corrected chi connectivity index (χ0v) is 26.7. The van der Waals surface area contributed by atoms with Crippen LogP contribution in [0.3, 0.4) is 0 Å². The first-order valence-corrected chi connectivity index (χ1v) is 16.2. The minimum Gasteiger partial charge on any atom is -0.506 e. The molecule has 2 heterocycles. The van der Waals surface area contributed by atoms with Crippen LogP contribution in [0.2, 0.25) is 10.0 Å². The molecule has 236 valence electrons. The summed E-state index contributed by atoms with van der Waals surface area (Å²) in [5.41, 5.74) is 9.77. The van der Waals surface area contributed by atoms with Crippen molar-refractivity contribution in [1.29, 1.82) is 0 Å². The van der Waals surface area contributed by atoms with Crippen molar-refractivity contribution in [2.24, 2.45) is 11.7 Å². The van der Waals surface area contributed by atoms with E-state index < -0.39 is 6.04 Å². The molecule has 2 saturated heterocycles. The number of amides is 1. The normalized spacial score (nSPS) is 17.5. The lowest BCUT2D eigenvalue weighted by molar-refractivity contribution is -0.136. The van der Waals surface area contributed by atoms with Gasteiger partial charge < -0.3 is 25.4 Å². The van der Waals surface area contributed by atoms with E-state index in [1.54, 1.807) is 18.2 Å². The van der Waals surface area contributed by atoms with Crippen LogP contribution in [0, 0.1) is 11.7 Å². The van der Waals surface area contributed by atoms with Gasteiger partial charge in [0.1, 0.15) is 17.3 Å². The number of phenols is 1. The first-order chi connectivity index (χ1) is 21.2. The van der Waals surface area contributed by atoms with Crippen molar-refractivity contribution in [2.45, 2.75) is 38.8 Å². The van der Waals surface area contributed by atoms with Crippen LogP contribution in [0.5, 0.6) is 11.5 Å². The number of piperidine rings is 1. The van der Waals surface area contributed by atoms with Crippen molar-refractivity contribution in [1.82, 2.24) is 14.7 Å². The van der Waals surface area contributed by atoms with Crippen LogP contribution in [0.1, 0.15) is 30.9 Å². The standard InChI is InChI=1S/C34H41Cl2FN4O3/c1-2-44-31-8-4-7-30(37)28(31)22-40-17-19-41(20-18-40)34(43)32(38)23-11-14-39(15-12-23)16-13-24-21-25(35)9-10-26(24)27-5-3-6-29(36)33(27)42/h3-10,21,23,32,42H,2,11-20,22,38H2,1H3/t32-/m1/s1. The van der Waals surface area contributed by atoms with Gasteiger partial charge in [0.2, 0.25) is 5.91 Å². The van der Waals surface area contributed by atoms with Gasteiger partial charge >= 0.3 is 0 Å². The van der Waals surface area contributed by atoms with Crippen molar-refractivity contribution < 1.29 is 19.0 Å². The molecule has 0 spiro atoms. The number of likely N-dealkylation sites (tertiary alicyclic amines) is 1. The predicted octanol–water partition coefficient (Wildman–Crippen LogP) is 5.83. The molecule has 44 heavy (non-hydrogen) atoms. The van der Waals surface area contributed by atoms with E-state index in [0.717, 1.165) is 50.0 Å². The number of piperazine rings is 1. The van der Waals surface area contributed by atoms with E-state index in [9.17, 15) is 14.3 Å². The van der Waals surface area contributed by atoms with Gasteiger partial charge in [0.05, 0.1) is 17.7 Å². The fraction of sp³-hybridized carbons (Fsp3) is 0.441. The number of nitrogens with two attached hydrogens (primary N) is 1. The molecule has 7 nitrogen and oxygen atoms in total. The molecule has 1 amide bonds. The molecule has 3 N–H and O–H groups in total. The third-order valence-corrected chi connectivity index (χ3v) is 9.45. The Morgan fingerprint density at radius 2 is 1.73 bits per heavy atom. The molecule has 2 aliphatic rings. The third-order valence-electron chi connectivity index (χ3n) is 8.91. The molecule has 5 rings (SSSR count).